The summed E-state index contributed by atoms with van der Waals surface area (Å²) in [5.41, 5.74) is 2.93. The molecule has 1 aromatic rings. The Morgan fingerprint density at radius 1 is 1.39 bits per heavy atom. The van der Waals surface area contributed by atoms with Crippen LogP contribution in [0.3, 0.4) is 0 Å². The van der Waals surface area contributed by atoms with Gasteiger partial charge in [-0.2, -0.15) is 5.10 Å². The van der Waals surface area contributed by atoms with Gasteiger partial charge < -0.3 is 10.1 Å². The number of rotatable bonds is 5. The monoisotopic (exact) mass is 265 g/mol. The summed E-state index contributed by atoms with van der Waals surface area (Å²) in [5.74, 6) is 0. The second-order valence-electron chi connectivity index (χ2n) is 6.18. The minimum absolute atomic E-state index is 0.535. The summed E-state index contributed by atoms with van der Waals surface area (Å²) < 4.78 is 7.64. The average molecular weight is 265 g/mol. The van der Waals surface area contributed by atoms with E-state index in [0.717, 1.165) is 37.1 Å². The van der Waals surface area contributed by atoms with Crippen LogP contribution in [0.4, 0.5) is 0 Å². The van der Waals surface area contributed by atoms with Gasteiger partial charge >= 0.3 is 0 Å². The van der Waals surface area contributed by atoms with Crippen LogP contribution >= 0.6 is 0 Å². The van der Waals surface area contributed by atoms with Crippen LogP contribution in [0, 0.1) is 5.41 Å². The SMILES string of the molecule is C[Si](C)(C)CCOCn1ncc2c1CCCC2=N. The summed E-state index contributed by atoms with van der Waals surface area (Å²) in [7, 11) is -1.01. The quantitative estimate of drug-likeness (QED) is 0.657. The normalized spacial score (nSPS) is 15.8. The van der Waals surface area contributed by atoms with Gasteiger partial charge in [0.05, 0.1) is 11.9 Å². The maximum absolute atomic E-state index is 7.89. The maximum atomic E-state index is 7.89. The van der Waals surface area contributed by atoms with E-state index < -0.39 is 8.07 Å². The molecule has 0 saturated heterocycles. The van der Waals surface area contributed by atoms with Crippen LogP contribution in [0.5, 0.6) is 0 Å². The molecule has 0 radical (unpaired) electrons. The highest BCUT2D eigenvalue weighted by molar-refractivity contribution is 6.76. The molecule has 1 aliphatic rings. The Morgan fingerprint density at radius 2 is 2.17 bits per heavy atom. The molecule has 0 amide bonds. The third-order valence-corrected chi connectivity index (χ3v) is 5.03. The van der Waals surface area contributed by atoms with Crippen molar-refractivity contribution in [3.63, 3.8) is 0 Å². The Labute approximate surface area is 110 Å². The Kier molecular flexibility index (Phi) is 4.02. The van der Waals surface area contributed by atoms with Gasteiger partial charge in [0.2, 0.25) is 0 Å². The molecule has 18 heavy (non-hydrogen) atoms. The Balaban J connectivity index is 1.89. The lowest BCUT2D eigenvalue weighted by molar-refractivity contribution is 0.0764. The second kappa shape index (κ2) is 5.36. The minimum atomic E-state index is -1.01. The van der Waals surface area contributed by atoms with Crippen molar-refractivity contribution >= 4 is 13.8 Å². The first-order valence-electron chi connectivity index (χ1n) is 6.67. The van der Waals surface area contributed by atoms with E-state index in [1.54, 1.807) is 0 Å². The molecular formula is C13H23N3OSi. The lowest BCUT2D eigenvalue weighted by atomic mass is 9.96. The molecule has 100 valence electrons. The molecule has 4 nitrogen and oxygen atoms in total. The van der Waals surface area contributed by atoms with Crippen molar-refractivity contribution in [1.29, 1.82) is 5.41 Å². The highest BCUT2D eigenvalue weighted by Crippen LogP contribution is 2.20. The predicted molar refractivity (Wildman–Crippen MR) is 76.1 cm³/mol. The molecule has 1 aromatic heterocycles. The van der Waals surface area contributed by atoms with Crippen LogP contribution in [-0.4, -0.2) is 30.2 Å². The van der Waals surface area contributed by atoms with E-state index >= 15 is 0 Å². The van der Waals surface area contributed by atoms with Crippen LogP contribution in [0.1, 0.15) is 24.1 Å². The molecule has 5 heteroatoms. The maximum Gasteiger partial charge on any atom is 0.139 e. The highest BCUT2D eigenvalue weighted by Gasteiger charge is 2.19. The Hall–Kier alpha value is -0.943. The number of fused-ring (bicyclic) bond motifs is 1. The summed E-state index contributed by atoms with van der Waals surface area (Å²) in [6.45, 7) is 8.42. The smallest absolute Gasteiger partial charge is 0.139 e. The summed E-state index contributed by atoms with van der Waals surface area (Å²) in [6.07, 6.45) is 4.79. The van der Waals surface area contributed by atoms with E-state index in [-0.39, 0.29) is 0 Å². The van der Waals surface area contributed by atoms with Crippen LogP contribution in [0.2, 0.25) is 25.7 Å². The van der Waals surface area contributed by atoms with E-state index in [0.29, 0.717) is 6.73 Å². The Bertz CT molecular complexity index is 434. The van der Waals surface area contributed by atoms with Gasteiger partial charge in [-0.3, -0.25) is 0 Å². The molecule has 0 aromatic carbocycles. The fourth-order valence-corrected chi connectivity index (χ4v) is 2.89. The molecule has 1 aliphatic carbocycles. The third-order valence-electron chi connectivity index (χ3n) is 3.32. The van der Waals surface area contributed by atoms with Crippen molar-refractivity contribution in [3.05, 3.63) is 17.5 Å². The Morgan fingerprint density at radius 3 is 2.89 bits per heavy atom. The summed E-state index contributed by atoms with van der Waals surface area (Å²) in [5, 5.41) is 12.2. The summed E-state index contributed by atoms with van der Waals surface area (Å²) in [4.78, 5) is 0. The van der Waals surface area contributed by atoms with Gasteiger partial charge in [-0.05, 0) is 25.3 Å². The molecule has 2 rings (SSSR count). The van der Waals surface area contributed by atoms with Crippen LogP contribution in [0.15, 0.2) is 6.20 Å². The van der Waals surface area contributed by atoms with E-state index in [1.807, 2.05) is 10.9 Å². The molecule has 0 fully saturated rings. The fourth-order valence-electron chi connectivity index (χ4n) is 2.13. The largest absolute Gasteiger partial charge is 0.360 e. The molecular weight excluding hydrogens is 242 g/mol. The van der Waals surface area contributed by atoms with Crippen LogP contribution in [0.25, 0.3) is 0 Å². The van der Waals surface area contributed by atoms with Crippen LogP contribution in [-0.2, 0) is 17.9 Å². The number of aromatic nitrogens is 2. The summed E-state index contributed by atoms with van der Waals surface area (Å²) >= 11 is 0. The molecule has 0 aliphatic heterocycles. The number of nitrogens with one attached hydrogen (secondary N) is 1. The van der Waals surface area contributed by atoms with Crippen molar-refractivity contribution in [3.8, 4) is 0 Å². The average Bonchev–Trinajstić information content (AvgIpc) is 2.68. The van der Waals surface area contributed by atoms with Crippen molar-refractivity contribution < 1.29 is 4.74 Å². The molecule has 1 heterocycles. The third kappa shape index (κ3) is 3.29. The molecule has 1 N–H and O–H groups in total. The molecule has 0 bridgehead atoms. The van der Waals surface area contributed by atoms with Gasteiger partial charge in [0.25, 0.3) is 0 Å². The molecule has 0 spiro atoms. The minimum Gasteiger partial charge on any atom is -0.360 e. The van der Waals surface area contributed by atoms with E-state index in [2.05, 4.69) is 24.7 Å². The highest BCUT2D eigenvalue weighted by atomic mass is 28.3. The van der Waals surface area contributed by atoms with Gasteiger partial charge in [-0.1, -0.05) is 19.6 Å². The van der Waals surface area contributed by atoms with E-state index in [9.17, 15) is 0 Å². The molecule has 0 saturated carbocycles. The molecule has 0 atom stereocenters. The number of nitrogens with zero attached hydrogens (tertiary/aromatic N) is 2. The number of hydrogen-bond donors (Lipinski definition) is 1. The van der Waals surface area contributed by atoms with Gasteiger partial charge in [-0.25, -0.2) is 4.68 Å². The van der Waals surface area contributed by atoms with Gasteiger partial charge in [-0.15, -0.1) is 0 Å². The van der Waals surface area contributed by atoms with Gasteiger partial charge in [0, 0.05) is 26.0 Å². The van der Waals surface area contributed by atoms with Crippen LogP contribution < -0.4 is 0 Å². The topological polar surface area (TPSA) is 50.9 Å². The van der Waals surface area contributed by atoms with Crippen molar-refractivity contribution in [2.24, 2.45) is 0 Å². The predicted octanol–water partition coefficient (Wildman–Crippen LogP) is 2.90. The standard InChI is InChI=1S/C13H23N3OSi/c1-18(2,3)8-7-17-10-16-13-6-4-5-12(14)11(13)9-15-16/h9,14H,4-8,10H2,1-3H3. The van der Waals surface area contributed by atoms with Crippen molar-refractivity contribution in [1.82, 2.24) is 9.78 Å². The second-order valence-corrected chi connectivity index (χ2v) is 11.8. The lowest BCUT2D eigenvalue weighted by Crippen LogP contribution is -2.22. The first-order chi connectivity index (χ1) is 8.47. The zero-order valence-electron chi connectivity index (χ0n) is 11.6. The van der Waals surface area contributed by atoms with Gasteiger partial charge in [0.1, 0.15) is 6.73 Å². The number of ether oxygens (including phenoxy) is 1. The number of hydrogen-bond acceptors (Lipinski definition) is 3. The summed E-state index contributed by atoms with van der Waals surface area (Å²) in [6, 6.07) is 1.19. The van der Waals surface area contributed by atoms with Gasteiger partial charge in [0.15, 0.2) is 0 Å². The van der Waals surface area contributed by atoms with Crippen molar-refractivity contribution in [2.75, 3.05) is 6.61 Å². The lowest BCUT2D eigenvalue weighted by Gasteiger charge is -2.17. The van der Waals surface area contributed by atoms with E-state index in [1.165, 1.54) is 11.7 Å². The first-order valence-corrected chi connectivity index (χ1v) is 10.4. The van der Waals surface area contributed by atoms with E-state index in [4.69, 9.17) is 10.1 Å². The van der Waals surface area contributed by atoms with Crippen molar-refractivity contribution in [2.45, 2.75) is 51.7 Å². The first kappa shape index (κ1) is 13.5. The zero-order chi connectivity index (χ0) is 13.2. The zero-order valence-corrected chi connectivity index (χ0v) is 12.6. The molecule has 0 unspecified atom stereocenters. The fraction of sp³-hybridized carbons (Fsp3) is 0.692.